The predicted octanol–water partition coefficient (Wildman–Crippen LogP) is 0.484. The van der Waals surface area contributed by atoms with Crippen LogP contribution in [0.3, 0.4) is 0 Å². The second-order valence-electron chi connectivity index (χ2n) is 3.63. The van der Waals surface area contributed by atoms with Gasteiger partial charge in [0.2, 0.25) is 5.91 Å². The van der Waals surface area contributed by atoms with Gasteiger partial charge in [0.05, 0.1) is 7.11 Å². The monoisotopic (exact) mass is 363 g/mol. The van der Waals surface area contributed by atoms with Crippen molar-refractivity contribution in [3.05, 3.63) is 33.4 Å². The molecule has 1 aromatic rings. The highest BCUT2D eigenvalue weighted by Gasteiger charge is 2.21. The highest BCUT2D eigenvalue weighted by atomic mass is 127. The van der Waals surface area contributed by atoms with E-state index in [2.05, 4.69) is 32.6 Å². The third-order valence-corrected chi connectivity index (χ3v) is 3.04. The molecule has 0 radical (unpaired) electrons. The second kappa shape index (κ2) is 7.32. The van der Waals surface area contributed by atoms with E-state index in [1.54, 1.807) is 0 Å². The Bertz CT molecular complexity index is 419. The lowest BCUT2D eigenvalue weighted by Gasteiger charge is -2.15. The van der Waals surface area contributed by atoms with Crippen molar-refractivity contribution < 1.29 is 19.4 Å². The topological polar surface area (TPSA) is 75.6 Å². The Labute approximate surface area is 119 Å². The number of methoxy groups -OCH3 is 1. The lowest BCUT2D eigenvalue weighted by atomic mass is 10.1. The van der Waals surface area contributed by atoms with Crippen LogP contribution >= 0.6 is 22.6 Å². The fraction of sp³-hybridized carbons (Fsp3) is 0.333. The van der Waals surface area contributed by atoms with Gasteiger partial charge in [-0.3, -0.25) is 4.79 Å². The van der Waals surface area contributed by atoms with Crippen LogP contribution in [0.1, 0.15) is 5.56 Å². The molecule has 1 amide bonds. The standard InChI is InChI=1S/C12H14INO4/c1-18-12(17)10(14-11(16)7-15)6-8-2-4-9(13)5-3-8/h2-5,10,15H,6-7H2,1H3,(H,14,16)/t10-/m1/s1. The first-order valence-corrected chi connectivity index (χ1v) is 6.37. The van der Waals surface area contributed by atoms with Crippen molar-refractivity contribution in [1.82, 2.24) is 5.32 Å². The number of benzene rings is 1. The van der Waals surface area contributed by atoms with Gasteiger partial charge in [0.1, 0.15) is 12.6 Å². The number of esters is 1. The van der Waals surface area contributed by atoms with Crippen LogP contribution in [-0.4, -0.2) is 36.7 Å². The van der Waals surface area contributed by atoms with Crippen LogP contribution in [0.15, 0.2) is 24.3 Å². The van der Waals surface area contributed by atoms with Crippen LogP contribution in [0.25, 0.3) is 0 Å². The summed E-state index contributed by atoms with van der Waals surface area (Å²) >= 11 is 2.18. The zero-order valence-electron chi connectivity index (χ0n) is 9.85. The van der Waals surface area contributed by atoms with Gasteiger partial charge in [0.15, 0.2) is 0 Å². The van der Waals surface area contributed by atoms with Crippen LogP contribution in [0.5, 0.6) is 0 Å². The Kier molecular flexibility index (Phi) is 6.06. The Morgan fingerprint density at radius 1 is 1.39 bits per heavy atom. The molecule has 2 N–H and O–H groups in total. The maximum Gasteiger partial charge on any atom is 0.328 e. The number of hydrogen-bond acceptors (Lipinski definition) is 4. The molecule has 1 atom stereocenters. The molecule has 0 saturated heterocycles. The molecule has 18 heavy (non-hydrogen) atoms. The number of rotatable bonds is 5. The number of aliphatic hydroxyl groups excluding tert-OH is 1. The minimum Gasteiger partial charge on any atom is -0.467 e. The third kappa shape index (κ3) is 4.61. The Balaban J connectivity index is 2.74. The summed E-state index contributed by atoms with van der Waals surface area (Å²) in [4.78, 5) is 22.6. The van der Waals surface area contributed by atoms with Crippen LogP contribution < -0.4 is 5.32 Å². The van der Waals surface area contributed by atoms with Gasteiger partial charge in [-0.1, -0.05) is 12.1 Å². The summed E-state index contributed by atoms with van der Waals surface area (Å²) in [6.07, 6.45) is 0.329. The predicted molar refractivity (Wildman–Crippen MR) is 73.9 cm³/mol. The largest absolute Gasteiger partial charge is 0.467 e. The minimum absolute atomic E-state index is 0.329. The van der Waals surface area contributed by atoms with Gasteiger partial charge in [-0.25, -0.2) is 4.79 Å². The summed E-state index contributed by atoms with van der Waals surface area (Å²) in [6, 6.07) is 6.80. The lowest BCUT2D eigenvalue weighted by molar-refractivity contribution is -0.145. The van der Waals surface area contributed by atoms with Gasteiger partial charge >= 0.3 is 5.97 Å². The van der Waals surface area contributed by atoms with E-state index in [1.807, 2.05) is 24.3 Å². The molecule has 0 aliphatic heterocycles. The Morgan fingerprint density at radius 2 is 2.00 bits per heavy atom. The van der Waals surface area contributed by atoms with Gasteiger partial charge < -0.3 is 15.2 Å². The molecule has 0 aliphatic rings. The second-order valence-corrected chi connectivity index (χ2v) is 4.88. The molecule has 0 aromatic heterocycles. The molecule has 98 valence electrons. The maximum atomic E-state index is 11.5. The number of carbonyl (C=O) groups is 2. The first kappa shape index (κ1) is 14.9. The molecule has 6 heteroatoms. The third-order valence-electron chi connectivity index (χ3n) is 2.32. The normalized spacial score (nSPS) is 11.7. The number of carbonyl (C=O) groups excluding carboxylic acids is 2. The summed E-state index contributed by atoms with van der Waals surface area (Å²) in [5.41, 5.74) is 0.907. The SMILES string of the molecule is COC(=O)[C@@H](Cc1ccc(I)cc1)NC(=O)CO. The minimum atomic E-state index is -0.783. The summed E-state index contributed by atoms with van der Waals surface area (Å²) < 4.78 is 5.71. The first-order valence-electron chi connectivity index (χ1n) is 5.29. The van der Waals surface area contributed by atoms with Gasteiger partial charge in [0.25, 0.3) is 0 Å². The van der Waals surface area contributed by atoms with Gasteiger partial charge in [0, 0.05) is 9.99 Å². The van der Waals surface area contributed by atoms with Crippen molar-refractivity contribution in [2.75, 3.05) is 13.7 Å². The van der Waals surface area contributed by atoms with E-state index in [9.17, 15) is 9.59 Å². The van der Waals surface area contributed by atoms with Gasteiger partial charge in [-0.05, 0) is 40.3 Å². The summed E-state index contributed by atoms with van der Waals surface area (Å²) in [7, 11) is 1.26. The quantitative estimate of drug-likeness (QED) is 0.590. The molecule has 1 aromatic carbocycles. The van der Waals surface area contributed by atoms with Crippen molar-refractivity contribution in [1.29, 1.82) is 0 Å². The Hall–Kier alpha value is -1.15. The van der Waals surface area contributed by atoms with Gasteiger partial charge in [-0.15, -0.1) is 0 Å². The molecule has 0 aliphatic carbocycles. The first-order chi connectivity index (χ1) is 8.56. The number of halogens is 1. The zero-order valence-corrected chi connectivity index (χ0v) is 12.0. The van der Waals surface area contributed by atoms with E-state index >= 15 is 0 Å². The van der Waals surface area contributed by atoms with E-state index < -0.39 is 24.5 Å². The molecular weight excluding hydrogens is 349 g/mol. The molecule has 0 unspecified atom stereocenters. The molecular formula is C12H14INO4. The fourth-order valence-electron chi connectivity index (χ4n) is 1.43. The number of nitrogens with one attached hydrogen (secondary N) is 1. The number of hydrogen-bond donors (Lipinski definition) is 2. The molecule has 0 fully saturated rings. The Morgan fingerprint density at radius 3 is 2.50 bits per heavy atom. The van der Waals surface area contributed by atoms with Crippen molar-refractivity contribution in [2.24, 2.45) is 0 Å². The maximum absolute atomic E-state index is 11.5. The van der Waals surface area contributed by atoms with Crippen LogP contribution in [0, 0.1) is 3.57 Å². The van der Waals surface area contributed by atoms with E-state index in [-0.39, 0.29) is 0 Å². The number of ether oxygens (including phenoxy) is 1. The molecule has 0 saturated carbocycles. The smallest absolute Gasteiger partial charge is 0.328 e. The summed E-state index contributed by atoms with van der Waals surface area (Å²) in [5, 5.41) is 11.1. The van der Waals surface area contributed by atoms with Crippen molar-refractivity contribution in [3.8, 4) is 0 Å². The molecule has 5 nitrogen and oxygen atoms in total. The van der Waals surface area contributed by atoms with E-state index in [0.717, 1.165) is 9.13 Å². The van der Waals surface area contributed by atoms with Crippen LogP contribution in [0.2, 0.25) is 0 Å². The van der Waals surface area contributed by atoms with Crippen LogP contribution in [0.4, 0.5) is 0 Å². The average molecular weight is 363 g/mol. The van der Waals surface area contributed by atoms with E-state index in [0.29, 0.717) is 6.42 Å². The number of aliphatic hydroxyl groups is 1. The van der Waals surface area contributed by atoms with Crippen molar-refractivity contribution in [3.63, 3.8) is 0 Å². The molecule has 1 rings (SSSR count). The van der Waals surface area contributed by atoms with Crippen molar-refractivity contribution in [2.45, 2.75) is 12.5 Å². The number of amides is 1. The molecule has 0 spiro atoms. The summed E-state index contributed by atoms with van der Waals surface area (Å²) in [6.45, 7) is -0.653. The summed E-state index contributed by atoms with van der Waals surface area (Å²) in [5.74, 6) is -1.13. The van der Waals surface area contributed by atoms with Crippen molar-refractivity contribution >= 4 is 34.5 Å². The highest BCUT2D eigenvalue weighted by molar-refractivity contribution is 14.1. The van der Waals surface area contributed by atoms with E-state index in [1.165, 1.54) is 7.11 Å². The van der Waals surface area contributed by atoms with Gasteiger partial charge in [-0.2, -0.15) is 0 Å². The lowest BCUT2D eigenvalue weighted by Crippen LogP contribution is -2.44. The van der Waals surface area contributed by atoms with E-state index in [4.69, 9.17) is 5.11 Å². The molecule has 0 bridgehead atoms. The zero-order chi connectivity index (χ0) is 13.5. The van der Waals surface area contributed by atoms with Crippen LogP contribution in [-0.2, 0) is 20.7 Å². The molecule has 0 heterocycles. The average Bonchev–Trinajstić information content (AvgIpc) is 2.39. The fourth-order valence-corrected chi connectivity index (χ4v) is 1.79. The highest BCUT2D eigenvalue weighted by Crippen LogP contribution is 2.09.